The lowest BCUT2D eigenvalue weighted by Crippen LogP contribution is -2.12. The van der Waals surface area contributed by atoms with Crippen molar-refractivity contribution < 1.29 is 14.7 Å². The van der Waals surface area contributed by atoms with Crippen molar-refractivity contribution in [2.24, 2.45) is 0 Å². The van der Waals surface area contributed by atoms with Crippen LogP contribution in [0.2, 0.25) is 0 Å². The molecular formula is C7H9N5O3. The highest BCUT2D eigenvalue weighted by Crippen LogP contribution is 2.26. The number of rotatable bonds is 3. The topological polar surface area (TPSA) is 130 Å². The molecule has 0 aromatic carbocycles. The molecule has 0 radical (unpaired) electrons. The van der Waals surface area contributed by atoms with E-state index in [1.807, 2.05) is 0 Å². The van der Waals surface area contributed by atoms with Crippen LogP contribution < -0.4 is 16.4 Å². The second-order valence-corrected chi connectivity index (χ2v) is 2.57. The SMILES string of the molecule is CC(=O)Nc1nc(N)c(NC=O)c(O)n1. The van der Waals surface area contributed by atoms with E-state index in [9.17, 15) is 14.7 Å². The van der Waals surface area contributed by atoms with Gasteiger partial charge < -0.3 is 16.2 Å². The van der Waals surface area contributed by atoms with Gasteiger partial charge in [-0.15, -0.1) is 0 Å². The third-order valence-corrected chi connectivity index (χ3v) is 1.41. The van der Waals surface area contributed by atoms with Crippen LogP contribution in [0.3, 0.4) is 0 Å². The lowest BCUT2D eigenvalue weighted by atomic mass is 10.4. The zero-order valence-corrected chi connectivity index (χ0v) is 7.81. The number of hydrogen-bond donors (Lipinski definition) is 4. The summed E-state index contributed by atoms with van der Waals surface area (Å²) >= 11 is 0. The number of nitrogen functional groups attached to an aromatic ring is 1. The Morgan fingerprint density at radius 1 is 1.53 bits per heavy atom. The maximum Gasteiger partial charge on any atom is 0.242 e. The van der Waals surface area contributed by atoms with E-state index in [1.165, 1.54) is 6.92 Å². The zero-order valence-electron chi connectivity index (χ0n) is 7.81. The third kappa shape index (κ3) is 2.53. The number of aromatic nitrogens is 2. The Balaban J connectivity index is 3.07. The summed E-state index contributed by atoms with van der Waals surface area (Å²) in [4.78, 5) is 27.9. The van der Waals surface area contributed by atoms with Crippen molar-refractivity contribution in [2.45, 2.75) is 6.92 Å². The number of anilines is 3. The van der Waals surface area contributed by atoms with Gasteiger partial charge in [-0.25, -0.2) is 0 Å². The summed E-state index contributed by atoms with van der Waals surface area (Å²) in [6.45, 7) is 1.26. The minimum atomic E-state index is -0.515. The smallest absolute Gasteiger partial charge is 0.242 e. The van der Waals surface area contributed by atoms with Crippen LogP contribution in [0.1, 0.15) is 6.92 Å². The van der Waals surface area contributed by atoms with Crippen LogP contribution in [0.25, 0.3) is 0 Å². The summed E-state index contributed by atoms with van der Waals surface area (Å²) in [5.74, 6) is -1.18. The van der Waals surface area contributed by atoms with Crippen molar-refractivity contribution >= 4 is 29.8 Å². The Hall–Kier alpha value is -2.38. The molecule has 8 nitrogen and oxygen atoms in total. The van der Waals surface area contributed by atoms with Crippen molar-refractivity contribution in [1.82, 2.24) is 9.97 Å². The molecule has 0 aliphatic carbocycles. The van der Waals surface area contributed by atoms with Gasteiger partial charge in [-0.1, -0.05) is 0 Å². The normalized spacial score (nSPS) is 9.40. The molecule has 0 bridgehead atoms. The first-order valence-electron chi connectivity index (χ1n) is 3.89. The van der Waals surface area contributed by atoms with Crippen LogP contribution in [0.15, 0.2) is 0 Å². The van der Waals surface area contributed by atoms with Crippen LogP contribution in [0.4, 0.5) is 17.5 Å². The fraction of sp³-hybridized carbons (Fsp3) is 0.143. The van der Waals surface area contributed by atoms with E-state index in [2.05, 4.69) is 20.6 Å². The van der Waals surface area contributed by atoms with E-state index in [4.69, 9.17) is 5.73 Å². The first-order valence-corrected chi connectivity index (χ1v) is 3.89. The molecular weight excluding hydrogens is 202 g/mol. The van der Waals surface area contributed by atoms with Gasteiger partial charge in [0, 0.05) is 6.92 Å². The Kier molecular flexibility index (Phi) is 3.01. The van der Waals surface area contributed by atoms with Gasteiger partial charge >= 0.3 is 0 Å². The molecule has 15 heavy (non-hydrogen) atoms. The van der Waals surface area contributed by atoms with Gasteiger partial charge in [0.2, 0.25) is 24.1 Å². The molecule has 1 heterocycles. The average molecular weight is 211 g/mol. The minimum absolute atomic E-state index is 0.0981. The zero-order chi connectivity index (χ0) is 11.4. The Labute approximate surface area is 84.5 Å². The quantitative estimate of drug-likeness (QED) is 0.488. The number of amides is 2. The highest BCUT2D eigenvalue weighted by molar-refractivity contribution is 5.88. The number of nitrogens with zero attached hydrogens (tertiary/aromatic N) is 2. The number of nitrogens with two attached hydrogens (primary N) is 1. The summed E-state index contributed by atoms with van der Waals surface area (Å²) in [6, 6.07) is 0. The highest BCUT2D eigenvalue weighted by Gasteiger charge is 2.11. The summed E-state index contributed by atoms with van der Waals surface area (Å²) < 4.78 is 0. The summed E-state index contributed by atoms with van der Waals surface area (Å²) in [5.41, 5.74) is 5.30. The molecule has 0 fully saturated rings. The summed E-state index contributed by atoms with van der Waals surface area (Å²) in [6.07, 6.45) is 0.326. The second kappa shape index (κ2) is 4.22. The van der Waals surface area contributed by atoms with Gasteiger partial charge in [-0.2, -0.15) is 9.97 Å². The van der Waals surface area contributed by atoms with E-state index in [0.29, 0.717) is 6.41 Å². The number of aromatic hydroxyl groups is 1. The Bertz CT molecular complexity index is 383. The molecule has 2 amide bonds. The van der Waals surface area contributed by atoms with Gasteiger partial charge in [-0.05, 0) is 0 Å². The molecule has 5 N–H and O–H groups in total. The van der Waals surface area contributed by atoms with Gasteiger partial charge in [-0.3, -0.25) is 14.9 Å². The summed E-state index contributed by atoms with van der Waals surface area (Å²) in [5, 5.41) is 13.7. The van der Waals surface area contributed by atoms with E-state index in [0.717, 1.165) is 0 Å². The molecule has 0 atom stereocenters. The fourth-order valence-corrected chi connectivity index (χ4v) is 0.877. The lowest BCUT2D eigenvalue weighted by Gasteiger charge is -2.07. The van der Waals surface area contributed by atoms with Gasteiger partial charge in [0.1, 0.15) is 5.69 Å². The first kappa shape index (κ1) is 10.7. The Morgan fingerprint density at radius 3 is 2.67 bits per heavy atom. The standard InChI is InChI=1S/C7H9N5O3/c1-3(14)10-7-11-5(8)4(9-2-13)6(15)12-7/h2H,1H3,(H,9,13)(H4,8,10,11,12,14,15). The van der Waals surface area contributed by atoms with Crippen molar-refractivity contribution in [2.75, 3.05) is 16.4 Å². The number of carbonyl (C=O) groups is 2. The van der Waals surface area contributed by atoms with Crippen molar-refractivity contribution in [1.29, 1.82) is 0 Å². The van der Waals surface area contributed by atoms with Gasteiger partial charge in [0.15, 0.2) is 5.82 Å². The molecule has 1 rings (SSSR count). The fourth-order valence-electron chi connectivity index (χ4n) is 0.877. The lowest BCUT2D eigenvalue weighted by molar-refractivity contribution is -0.114. The van der Waals surface area contributed by atoms with Crippen LogP contribution in [-0.2, 0) is 9.59 Å². The van der Waals surface area contributed by atoms with Gasteiger partial charge in [0.05, 0.1) is 0 Å². The third-order valence-electron chi connectivity index (χ3n) is 1.41. The molecule has 8 heteroatoms. The minimum Gasteiger partial charge on any atom is -0.492 e. The molecule has 0 saturated heterocycles. The molecule has 0 unspecified atom stereocenters. The van der Waals surface area contributed by atoms with Crippen LogP contribution in [0.5, 0.6) is 5.88 Å². The average Bonchev–Trinajstić information content (AvgIpc) is 2.10. The van der Waals surface area contributed by atoms with E-state index >= 15 is 0 Å². The molecule has 0 aliphatic rings. The molecule has 1 aromatic heterocycles. The number of hydrogen-bond acceptors (Lipinski definition) is 6. The van der Waals surface area contributed by atoms with Crippen molar-refractivity contribution in [3.63, 3.8) is 0 Å². The molecule has 0 spiro atoms. The second-order valence-electron chi connectivity index (χ2n) is 2.57. The van der Waals surface area contributed by atoms with Crippen molar-refractivity contribution in [3.8, 4) is 5.88 Å². The van der Waals surface area contributed by atoms with E-state index in [1.54, 1.807) is 0 Å². The summed E-state index contributed by atoms with van der Waals surface area (Å²) in [7, 11) is 0. The predicted octanol–water partition coefficient (Wildman–Crippen LogP) is -0.709. The predicted molar refractivity (Wildman–Crippen MR) is 52.1 cm³/mol. The molecule has 0 saturated carbocycles. The van der Waals surface area contributed by atoms with E-state index in [-0.39, 0.29) is 17.5 Å². The molecule has 0 aliphatic heterocycles. The molecule has 1 aromatic rings. The number of nitrogens with one attached hydrogen (secondary N) is 2. The number of carbonyl (C=O) groups excluding carboxylic acids is 2. The molecule has 80 valence electrons. The monoisotopic (exact) mass is 211 g/mol. The largest absolute Gasteiger partial charge is 0.492 e. The first-order chi connectivity index (χ1) is 7.04. The maximum absolute atomic E-state index is 10.7. The van der Waals surface area contributed by atoms with Gasteiger partial charge in [0.25, 0.3) is 0 Å². The van der Waals surface area contributed by atoms with Crippen LogP contribution in [0, 0.1) is 0 Å². The van der Waals surface area contributed by atoms with E-state index < -0.39 is 11.8 Å². The maximum atomic E-state index is 10.7. The van der Waals surface area contributed by atoms with Crippen LogP contribution in [-0.4, -0.2) is 27.4 Å². The van der Waals surface area contributed by atoms with Crippen molar-refractivity contribution in [3.05, 3.63) is 0 Å². The highest BCUT2D eigenvalue weighted by atomic mass is 16.3. The Morgan fingerprint density at radius 2 is 2.20 bits per heavy atom. The van der Waals surface area contributed by atoms with Crippen LogP contribution >= 0.6 is 0 Å².